The normalized spacial score (nSPS) is 34.0. The van der Waals surface area contributed by atoms with Gasteiger partial charge in [0.2, 0.25) is 0 Å². The molecule has 3 rings (SSSR count). The summed E-state index contributed by atoms with van der Waals surface area (Å²) in [7, 11) is 0. The Morgan fingerprint density at radius 3 is 2.90 bits per heavy atom. The van der Waals surface area contributed by atoms with Crippen LogP contribution in [0.3, 0.4) is 0 Å². The van der Waals surface area contributed by atoms with Crippen LogP contribution in [0.4, 0.5) is 0 Å². The van der Waals surface area contributed by atoms with Gasteiger partial charge in [-0.15, -0.1) is 11.3 Å². The number of rotatable bonds is 3. The molecule has 0 amide bonds. The van der Waals surface area contributed by atoms with Crippen LogP contribution in [0.25, 0.3) is 0 Å². The minimum absolute atomic E-state index is 0.460. The predicted molar refractivity (Wildman–Crippen MR) is 93.3 cm³/mol. The van der Waals surface area contributed by atoms with Gasteiger partial charge in [-0.25, -0.2) is 0 Å². The van der Waals surface area contributed by atoms with Gasteiger partial charge < -0.3 is 10.4 Å². The van der Waals surface area contributed by atoms with Gasteiger partial charge in [-0.1, -0.05) is 6.92 Å². The largest absolute Gasteiger partial charge is 0.389 e. The highest BCUT2D eigenvalue weighted by molar-refractivity contribution is 14.1. The molecule has 2 nitrogen and oxygen atoms in total. The average molecular weight is 405 g/mol. The summed E-state index contributed by atoms with van der Waals surface area (Å²) < 4.78 is 1.39. The van der Waals surface area contributed by atoms with Crippen molar-refractivity contribution in [3.8, 4) is 0 Å². The summed E-state index contributed by atoms with van der Waals surface area (Å²) >= 11 is 4.37. The number of nitrogens with one attached hydrogen (secondary N) is 1. The molecule has 112 valence electrons. The first-order valence-corrected chi connectivity index (χ1v) is 9.69. The van der Waals surface area contributed by atoms with E-state index in [1.54, 1.807) is 4.88 Å². The average Bonchev–Trinajstić information content (AvgIpc) is 2.81. The summed E-state index contributed by atoms with van der Waals surface area (Å²) in [5.41, 5.74) is 1.03. The minimum Gasteiger partial charge on any atom is -0.389 e. The lowest BCUT2D eigenvalue weighted by Gasteiger charge is -2.37. The molecule has 1 aromatic heterocycles. The van der Waals surface area contributed by atoms with Gasteiger partial charge in [0.1, 0.15) is 0 Å². The highest BCUT2D eigenvalue weighted by Crippen LogP contribution is 2.37. The van der Waals surface area contributed by atoms with Crippen molar-refractivity contribution in [2.45, 2.75) is 63.5 Å². The number of aliphatic hydroxyl groups is 1. The Morgan fingerprint density at radius 2 is 2.15 bits per heavy atom. The molecule has 1 atom stereocenters. The van der Waals surface area contributed by atoms with Gasteiger partial charge in [0.05, 0.1) is 8.48 Å². The maximum absolute atomic E-state index is 10.7. The minimum atomic E-state index is -0.465. The summed E-state index contributed by atoms with van der Waals surface area (Å²) in [5.74, 6) is 0.787. The molecule has 2 aliphatic rings. The SMILES string of the molecule is CC1CCC(O)(CNC2CCCc3sc(I)cc32)CC1. The number of halogens is 1. The standard InChI is InChI=1S/C16H24INOS/c1-11-5-7-16(19,8-6-11)10-18-13-3-2-4-14-12(13)9-15(17)20-14/h9,11,13,18-19H,2-8,10H2,1H3. The van der Waals surface area contributed by atoms with Gasteiger partial charge in [-0.2, -0.15) is 0 Å². The van der Waals surface area contributed by atoms with Crippen LogP contribution in [0, 0.1) is 8.80 Å². The van der Waals surface area contributed by atoms with Crippen molar-refractivity contribution >= 4 is 33.9 Å². The zero-order chi connectivity index (χ0) is 14.2. The van der Waals surface area contributed by atoms with Crippen molar-refractivity contribution in [2.24, 2.45) is 5.92 Å². The number of hydrogen-bond donors (Lipinski definition) is 2. The molecular weight excluding hydrogens is 381 g/mol. The van der Waals surface area contributed by atoms with Gasteiger partial charge >= 0.3 is 0 Å². The molecule has 0 aromatic carbocycles. The first kappa shape index (κ1) is 15.3. The molecule has 2 aliphatic carbocycles. The van der Waals surface area contributed by atoms with Gasteiger partial charge in [0.25, 0.3) is 0 Å². The molecule has 4 heteroatoms. The Morgan fingerprint density at radius 1 is 1.40 bits per heavy atom. The van der Waals surface area contributed by atoms with Crippen molar-refractivity contribution in [3.63, 3.8) is 0 Å². The Labute approximate surface area is 139 Å². The first-order chi connectivity index (χ1) is 9.56. The zero-order valence-corrected chi connectivity index (χ0v) is 15.1. The first-order valence-electron chi connectivity index (χ1n) is 7.80. The Balaban J connectivity index is 1.62. The van der Waals surface area contributed by atoms with Crippen molar-refractivity contribution in [1.82, 2.24) is 5.32 Å². The predicted octanol–water partition coefficient (Wildman–Crippen LogP) is 4.26. The molecule has 2 N–H and O–H groups in total. The maximum Gasteiger partial charge on any atom is 0.0772 e. The monoisotopic (exact) mass is 405 g/mol. The molecule has 1 unspecified atom stereocenters. The molecule has 0 spiro atoms. The van der Waals surface area contributed by atoms with E-state index in [1.807, 2.05) is 11.3 Å². The molecule has 1 fully saturated rings. The van der Waals surface area contributed by atoms with E-state index in [-0.39, 0.29) is 0 Å². The molecular formula is C16H24INOS. The van der Waals surface area contributed by atoms with E-state index in [2.05, 4.69) is 40.9 Å². The van der Waals surface area contributed by atoms with E-state index in [1.165, 1.54) is 40.6 Å². The molecule has 1 heterocycles. The van der Waals surface area contributed by atoms with Crippen LogP contribution < -0.4 is 5.32 Å². The van der Waals surface area contributed by atoms with Crippen molar-refractivity contribution < 1.29 is 5.11 Å². The van der Waals surface area contributed by atoms with Crippen LogP contribution >= 0.6 is 33.9 Å². The van der Waals surface area contributed by atoms with Gasteiger partial charge in [-0.3, -0.25) is 0 Å². The lowest BCUT2D eigenvalue weighted by atomic mass is 9.79. The van der Waals surface area contributed by atoms with Crippen LogP contribution in [-0.4, -0.2) is 17.3 Å². The van der Waals surface area contributed by atoms with E-state index in [0.717, 1.165) is 25.3 Å². The fourth-order valence-electron chi connectivity index (χ4n) is 3.52. The maximum atomic E-state index is 10.7. The van der Waals surface area contributed by atoms with E-state index < -0.39 is 5.60 Å². The third kappa shape index (κ3) is 3.39. The summed E-state index contributed by atoms with van der Waals surface area (Å²) in [6.07, 6.45) is 7.99. The van der Waals surface area contributed by atoms with Gasteiger partial charge in [-0.05, 0) is 85.1 Å². The summed E-state index contributed by atoms with van der Waals surface area (Å²) in [4.78, 5) is 1.56. The zero-order valence-electron chi connectivity index (χ0n) is 12.1. The summed E-state index contributed by atoms with van der Waals surface area (Å²) in [6.45, 7) is 3.06. The van der Waals surface area contributed by atoms with E-state index in [9.17, 15) is 5.11 Å². The molecule has 0 bridgehead atoms. The molecule has 0 saturated heterocycles. The van der Waals surface area contributed by atoms with Crippen LogP contribution in [0.15, 0.2) is 6.07 Å². The van der Waals surface area contributed by atoms with Crippen LogP contribution in [0.1, 0.15) is 61.9 Å². The lowest BCUT2D eigenvalue weighted by molar-refractivity contribution is -0.00858. The third-order valence-corrected chi connectivity index (χ3v) is 6.94. The molecule has 1 aromatic rings. The quantitative estimate of drug-likeness (QED) is 0.737. The Bertz CT molecular complexity index is 465. The second-order valence-corrected chi connectivity index (χ2v) is 9.69. The third-order valence-electron chi connectivity index (χ3n) is 4.97. The fourth-order valence-corrected chi connectivity index (χ4v) is 5.64. The topological polar surface area (TPSA) is 32.3 Å². The second kappa shape index (κ2) is 6.23. The van der Waals surface area contributed by atoms with E-state index in [4.69, 9.17) is 0 Å². The molecule has 0 radical (unpaired) electrons. The van der Waals surface area contributed by atoms with E-state index >= 15 is 0 Å². The Kier molecular flexibility index (Phi) is 4.75. The smallest absolute Gasteiger partial charge is 0.0772 e. The van der Waals surface area contributed by atoms with Gasteiger partial charge in [0, 0.05) is 17.5 Å². The highest BCUT2D eigenvalue weighted by atomic mass is 127. The number of hydrogen-bond acceptors (Lipinski definition) is 3. The Hall–Kier alpha value is 0.350. The molecule has 20 heavy (non-hydrogen) atoms. The van der Waals surface area contributed by atoms with Crippen molar-refractivity contribution in [1.29, 1.82) is 0 Å². The molecule has 0 aliphatic heterocycles. The number of aryl methyl sites for hydroxylation is 1. The highest BCUT2D eigenvalue weighted by Gasteiger charge is 2.33. The summed E-state index contributed by atoms with van der Waals surface area (Å²) in [6, 6.07) is 2.80. The number of fused-ring (bicyclic) bond motifs is 1. The summed E-state index contributed by atoms with van der Waals surface area (Å²) in [5, 5.41) is 14.4. The van der Waals surface area contributed by atoms with Crippen molar-refractivity contribution in [2.75, 3.05) is 6.54 Å². The van der Waals surface area contributed by atoms with Crippen LogP contribution in [0.5, 0.6) is 0 Å². The number of thiophene rings is 1. The van der Waals surface area contributed by atoms with Crippen molar-refractivity contribution in [3.05, 3.63) is 19.4 Å². The molecule has 1 saturated carbocycles. The van der Waals surface area contributed by atoms with Gasteiger partial charge in [0.15, 0.2) is 0 Å². The second-order valence-electron chi connectivity index (χ2n) is 6.66. The van der Waals surface area contributed by atoms with Crippen LogP contribution in [-0.2, 0) is 6.42 Å². The van der Waals surface area contributed by atoms with E-state index in [0.29, 0.717) is 6.04 Å². The fraction of sp³-hybridized carbons (Fsp3) is 0.750. The lowest BCUT2D eigenvalue weighted by Crippen LogP contribution is -2.44. The van der Waals surface area contributed by atoms with Crippen LogP contribution in [0.2, 0.25) is 0 Å².